The smallest absolute Gasteiger partial charge is 0.244 e. The molecular formula is C12H22N4O2S. The number of nitrogens with one attached hydrogen (secondary N) is 3. The van der Waals surface area contributed by atoms with E-state index in [4.69, 9.17) is 0 Å². The van der Waals surface area contributed by atoms with Gasteiger partial charge in [0.25, 0.3) is 0 Å². The first kappa shape index (κ1) is 14.5. The van der Waals surface area contributed by atoms with Crippen LogP contribution in [0.3, 0.4) is 0 Å². The van der Waals surface area contributed by atoms with Crippen LogP contribution >= 0.6 is 0 Å². The van der Waals surface area contributed by atoms with Gasteiger partial charge < -0.3 is 5.32 Å². The van der Waals surface area contributed by atoms with Crippen LogP contribution in [0.1, 0.15) is 37.6 Å². The largest absolute Gasteiger partial charge is 0.312 e. The van der Waals surface area contributed by atoms with Crippen molar-refractivity contribution in [1.82, 2.24) is 20.2 Å². The summed E-state index contributed by atoms with van der Waals surface area (Å²) in [6, 6.07) is 0.0787. The number of hydrogen-bond donors (Lipinski definition) is 3. The van der Waals surface area contributed by atoms with E-state index < -0.39 is 10.0 Å². The Labute approximate surface area is 114 Å². The number of hydrogen-bond acceptors (Lipinski definition) is 4. The van der Waals surface area contributed by atoms with E-state index in [2.05, 4.69) is 20.2 Å². The van der Waals surface area contributed by atoms with E-state index in [-0.39, 0.29) is 17.0 Å². The lowest BCUT2D eigenvalue weighted by molar-refractivity contribution is 0.347. The number of aromatic nitrogens is 2. The summed E-state index contributed by atoms with van der Waals surface area (Å²) in [5, 5.41) is 10.0. The lowest BCUT2D eigenvalue weighted by Crippen LogP contribution is -2.50. The highest BCUT2D eigenvalue weighted by Gasteiger charge is 2.28. The molecular weight excluding hydrogens is 264 g/mol. The number of sulfonamides is 1. The first-order chi connectivity index (χ1) is 8.92. The molecule has 19 heavy (non-hydrogen) atoms. The molecule has 1 aliphatic heterocycles. The zero-order valence-electron chi connectivity index (χ0n) is 11.7. The SMILES string of the molecule is Cc1n[nH]c(C)c1S(=O)(=O)NC(C)C1CCCCN1. The fourth-order valence-electron chi connectivity index (χ4n) is 2.63. The third-order valence-electron chi connectivity index (χ3n) is 3.62. The van der Waals surface area contributed by atoms with Crippen LogP contribution in [0.4, 0.5) is 0 Å². The maximum atomic E-state index is 12.4. The van der Waals surface area contributed by atoms with E-state index in [1.54, 1.807) is 13.8 Å². The minimum atomic E-state index is -3.51. The summed E-state index contributed by atoms with van der Waals surface area (Å²) in [7, 11) is -3.51. The van der Waals surface area contributed by atoms with Gasteiger partial charge in [-0.15, -0.1) is 0 Å². The molecule has 1 fully saturated rings. The second-order valence-corrected chi connectivity index (χ2v) is 6.88. The molecule has 3 N–H and O–H groups in total. The summed E-state index contributed by atoms with van der Waals surface area (Å²) in [6.45, 7) is 6.28. The molecule has 0 aliphatic carbocycles. The molecule has 1 aromatic rings. The molecule has 108 valence electrons. The molecule has 7 heteroatoms. The van der Waals surface area contributed by atoms with Crippen molar-refractivity contribution in [3.63, 3.8) is 0 Å². The van der Waals surface area contributed by atoms with Gasteiger partial charge in [0.15, 0.2) is 0 Å². The van der Waals surface area contributed by atoms with Crippen LogP contribution in [0.5, 0.6) is 0 Å². The van der Waals surface area contributed by atoms with E-state index in [1.807, 2.05) is 6.92 Å². The molecule has 2 atom stereocenters. The van der Waals surface area contributed by atoms with Crippen LogP contribution in [0.15, 0.2) is 4.90 Å². The van der Waals surface area contributed by atoms with Gasteiger partial charge in [0.05, 0.1) is 11.4 Å². The Balaban J connectivity index is 2.13. The minimum Gasteiger partial charge on any atom is -0.312 e. The van der Waals surface area contributed by atoms with Crippen molar-refractivity contribution in [3.05, 3.63) is 11.4 Å². The summed E-state index contributed by atoms with van der Waals surface area (Å²) < 4.78 is 27.5. The van der Waals surface area contributed by atoms with Crippen molar-refractivity contribution in [2.45, 2.75) is 57.0 Å². The Morgan fingerprint density at radius 3 is 2.63 bits per heavy atom. The summed E-state index contributed by atoms with van der Waals surface area (Å²) in [4.78, 5) is 0.273. The van der Waals surface area contributed by atoms with E-state index in [0.717, 1.165) is 25.8 Å². The Morgan fingerprint density at radius 1 is 1.37 bits per heavy atom. The first-order valence-corrected chi connectivity index (χ1v) is 8.17. The van der Waals surface area contributed by atoms with Crippen LogP contribution in [0, 0.1) is 13.8 Å². The predicted molar refractivity (Wildman–Crippen MR) is 73.5 cm³/mol. The molecule has 0 bridgehead atoms. The van der Waals surface area contributed by atoms with E-state index in [0.29, 0.717) is 11.4 Å². The Morgan fingerprint density at radius 2 is 2.11 bits per heavy atom. The zero-order chi connectivity index (χ0) is 14.0. The lowest BCUT2D eigenvalue weighted by atomic mass is 10.00. The van der Waals surface area contributed by atoms with Crippen LogP contribution < -0.4 is 10.0 Å². The van der Waals surface area contributed by atoms with Crippen LogP contribution in [-0.4, -0.2) is 37.2 Å². The van der Waals surface area contributed by atoms with Crippen molar-refractivity contribution in [3.8, 4) is 0 Å². The van der Waals surface area contributed by atoms with Crippen molar-refractivity contribution < 1.29 is 8.42 Å². The zero-order valence-corrected chi connectivity index (χ0v) is 12.5. The van der Waals surface area contributed by atoms with E-state index in [1.165, 1.54) is 0 Å². The van der Waals surface area contributed by atoms with Gasteiger partial charge in [-0.25, -0.2) is 13.1 Å². The molecule has 0 saturated carbocycles. The first-order valence-electron chi connectivity index (χ1n) is 6.69. The van der Waals surface area contributed by atoms with E-state index >= 15 is 0 Å². The number of rotatable bonds is 4. The maximum Gasteiger partial charge on any atom is 0.244 e. The summed E-state index contributed by atoms with van der Waals surface area (Å²) in [5.74, 6) is 0. The molecule has 1 saturated heterocycles. The van der Waals surface area contributed by atoms with Crippen molar-refractivity contribution in [1.29, 1.82) is 0 Å². The third-order valence-corrected chi connectivity index (χ3v) is 5.44. The van der Waals surface area contributed by atoms with Gasteiger partial charge in [-0.05, 0) is 40.2 Å². The molecule has 0 radical (unpaired) electrons. The number of aryl methyl sites for hydroxylation is 2. The van der Waals surface area contributed by atoms with Crippen molar-refractivity contribution in [2.75, 3.05) is 6.54 Å². The van der Waals surface area contributed by atoms with Gasteiger partial charge in [0, 0.05) is 12.1 Å². The quantitative estimate of drug-likeness (QED) is 0.765. The van der Waals surface area contributed by atoms with Gasteiger partial charge in [0.2, 0.25) is 10.0 Å². The van der Waals surface area contributed by atoms with Gasteiger partial charge >= 0.3 is 0 Å². The number of aromatic amines is 1. The Hall–Kier alpha value is -0.920. The monoisotopic (exact) mass is 286 g/mol. The normalized spacial score (nSPS) is 22.4. The average molecular weight is 286 g/mol. The fourth-order valence-corrected chi connectivity index (χ4v) is 4.28. The molecule has 2 rings (SSSR count). The van der Waals surface area contributed by atoms with Crippen LogP contribution in [0.2, 0.25) is 0 Å². The van der Waals surface area contributed by atoms with Crippen molar-refractivity contribution in [2.24, 2.45) is 0 Å². The highest BCUT2D eigenvalue weighted by molar-refractivity contribution is 7.89. The molecule has 0 aromatic carbocycles. The summed E-state index contributed by atoms with van der Waals surface area (Å²) in [5.41, 5.74) is 1.09. The highest BCUT2D eigenvalue weighted by atomic mass is 32.2. The standard InChI is InChI=1S/C12H22N4O2S/c1-8(11-6-4-5-7-13-11)16-19(17,18)12-9(2)14-15-10(12)3/h8,11,13,16H,4-7H2,1-3H3,(H,14,15). The lowest BCUT2D eigenvalue weighted by Gasteiger charge is -2.29. The number of H-pyrrole nitrogens is 1. The highest BCUT2D eigenvalue weighted by Crippen LogP contribution is 2.18. The third kappa shape index (κ3) is 3.16. The fraction of sp³-hybridized carbons (Fsp3) is 0.750. The Kier molecular flexibility index (Phi) is 4.27. The van der Waals surface area contributed by atoms with Gasteiger partial charge in [-0.2, -0.15) is 5.10 Å². The topological polar surface area (TPSA) is 86.9 Å². The van der Waals surface area contributed by atoms with Gasteiger partial charge in [0.1, 0.15) is 4.90 Å². The van der Waals surface area contributed by atoms with E-state index in [9.17, 15) is 8.42 Å². The van der Waals surface area contributed by atoms with Gasteiger partial charge in [-0.1, -0.05) is 6.42 Å². The predicted octanol–water partition coefficient (Wildman–Crippen LogP) is 0.835. The van der Waals surface area contributed by atoms with Crippen LogP contribution in [-0.2, 0) is 10.0 Å². The van der Waals surface area contributed by atoms with Crippen LogP contribution in [0.25, 0.3) is 0 Å². The molecule has 2 heterocycles. The summed E-state index contributed by atoms with van der Waals surface area (Å²) >= 11 is 0. The minimum absolute atomic E-state index is 0.126. The Bertz CT molecular complexity index is 512. The maximum absolute atomic E-state index is 12.4. The molecule has 0 amide bonds. The second kappa shape index (κ2) is 5.60. The molecule has 1 aliphatic rings. The number of nitrogens with zero attached hydrogens (tertiary/aromatic N) is 1. The molecule has 2 unspecified atom stereocenters. The molecule has 1 aromatic heterocycles. The average Bonchev–Trinajstić information content (AvgIpc) is 2.70. The number of piperidine rings is 1. The summed E-state index contributed by atoms with van der Waals surface area (Å²) in [6.07, 6.45) is 3.32. The molecule has 6 nitrogen and oxygen atoms in total. The van der Waals surface area contributed by atoms with Crippen molar-refractivity contribution >= 4 is 10.0 Å². The van der Waals surface area contributed by atoms with Gasteiger partial charge in [-0.3, -0.25) is 5.10 Å². The molecule has 0 spiro atoms. The second-order valence-electron chi connectivity index (χ2n) is 5.23.